The largest absolute Gasteiger partial charge is 0.478 e. The number of rotatable bonds is 2. The van der Waals surface area contributed by atoms with Crippen LogP contribution in [0.5, 0.6) is 0 Å². The van der Waals surface area contributed by atoms with E-state index >= 15 is 0 Å². The molecule has 19 heavy (non-hydrogen) atoms. The predicted octanol–water partition coefficient (Wildman–Crippen LogP) is 3.52. The van der Waals surface area contributed by atoms with Gasteiger partial charge in [-0.2, -0.15) is 0 Å². The molecule has 0 fully saturated rings. The standard InChI is InChI=1S/C12H13ClFNO4/c1-12(2,3)19-11(18)15-9-5-8(14)6(10(16)17)4-7(9)13/h4-5H,1-3H3,(H,15,18)(H,16,17). The first kappa shape index (κ1) is 15.2. The van der Waals surface area contributed by atoms with Crippen molar-refractivity contribution < 1.29 is 23.8 Å². The fourth-order valence-corrected chi connectivity index (χ4v) is 1.43. The molecule has 0 aromatic heterocycles. The SMILES string of the molecule is CC(C)(C)OC(=O)Nc1cc(F)c(C(=O)O)cc1Cl. The molecule has 0 saturated carbocycles. The van der Waals surface area contributed by atoms with Crippen LogP contribution in [-0.4, -0.2) is 22.8 Å². The van der Waals surface area contributed by atoms with Crippen molar-refractivity contribution in [1.29, 1.82) is 0 Å². The van der Waals surface area contributed by atoms with Gasteiger partial charge in [-0.3, -0.25) is 5.32 Å². The van der Waals surface area contributed by atoms with Crippen LogP contribution in [-0.2, 0) is 4.74 Å². The molecule has 5 nitrogen and oxygen atoms in total. The molecule has 0 spiro atoms. The van der Waals surface area contributed by atoms with Gasteiger partial charge >= 0.3 is 12.1 Å². The minimum absolute atomic E-state index is 0.0570. The van der Waals surface area contributed by atoms with Crippen molar-refractivity contribution in [3.8, 4) is 0 Å². The summed E-state index contributed by atoms with van der Waals surface area (Å²) in [6.45, 7) is 5.01. The second kappa shape index (κ2) is 5.44. The first-order valence-electron chi connectivity index (χ1n) is 5.32. The zero-order chi connectivity index (χ0) is 14.8. The molecule has 1 aromatic rings. The van der Waals surface area contributed by atoms with Gasteiger partial charge in [-0.1, -0.05) is 11.6 Å². The van der Waals surface area contributed by atoms with E-state index in [2.05, 4.69) is 5.32 Å². The topological polar surface area (TPSA) is 75.6 Å². The summed E-state index contributed by atoms with van der Waals surface area (Å²) in [6, 6.07) is 1.75. The molecule has 2 N–H and O–H groups in total. The number of halogens is 2. The Hall–Kier alpha value is -1.82. The third-order valence-corrected chi connectivity index (χ3v) is 2.24. The van der Waals surface area contributed by atoms with E-state index in [1.807, 2.05) is 0 Å². The van der Waals surface area contributed by atoms with E-state index in [-0.39, 0.29) is 10.7 Å². The van der Waals surface area contributed by atoms with E-state index in [1.165, 1.54) is 0 Å². The maximum Gasteiger partial charge on any atom is 0.412 e. The molecule has 0 unspecified atom stereocenters. The van der Waals surface area contributed by atoms with Gasteiger partial charge in [0.05, 0.1) is 16.3 Å². The van der Waals surface area contributed by atoms with E-state index in [0.29, 0.717) is 0 Å². The maximum absolute atomic E-state index is 13.4. The van der Waals surface area contributed by atoms with Crippen LogP contribution in [0.25, 0.3) is 0 Å². The van der Waals surface area contributed by atoms with Gasteiger partial charge in [0, 0.05) is 0 Å². The van der Waals surface area contributed by atoms with Crippen LogP contribution in [0.3, 0.4) is 0 Å². The van der Waals surface area contributed by atoms with Crippen LogP contribution in [0, 0.1) is 5.82 Å². The zero-order valence-electron chi connectivity index (χ0n) is 10.6. The summed E-state index contributed by atoms with van der Waals surface area (Å²) in [7, 11) is 0. The Kier molecular flexibility index (Phi) is 4.36. The van der Waals surface area contributed by atoms with Crippen molar-refractivity contribution in [2.24, 2.45) is 0 Å². The molecule has 0 aliphatic carbocycles. The average molecular weight is 290 g/mol. The van der Waals surface area contributed by atoms with E-state index in [4.69, 9.17) is 21.4 Å². The zero-order valence-corrected chi connectivity index (χ0v) is 11.3. The molecule has 0 bridgehead atoms. The van der Waals surface area contributed by atoms with Gasteiger partial charge in [0.25, 0.3) is 0 Å². The number of hydrogen-bond acceptors (Lipinski definition) is 3. The molecule has 0 saturated heterocycles. The molecule has 0 aliphatic heterocycles. The van der Waals surface area contributed by atoms with Crippen molar-refractivity contribution in [2.75, 3.05) is 5.32 Å². The van der Waals surface area contributed by atoms with Gasteiger partial charge in [0.15, 0.2) is 0 Å². The van der Waals surface area contributed by atoms with E-state index < -0.39 is 29.0 Å². The van der Waals surface area contributed by atoms with Gasteiger partial charge in [-0.15, -0.1) is 0 Å². The number of amides is 1. The minimum atomic E-state index is -1.44. The van der Waals surface area contributed by atoms with Crippen LogP contribution in [0.4, 0.5) is 14.9 Å². The highest BCUT2D eigenvalue weighted by Crippen LogP contribution is 2.26. The fourth-order valence-electron chi connectivity index (χ4n) is 1.22. The highest BCUT2D eigenvalue weighted by molar-refractivity contribution is 6.34. The molecule has 104 valence electrons. The Bertz CT molecular complexity index is 525. The van der Waals surface area contributed by atoms with Crippen molar-refractivity contribution in [2.45, 2.75) is 26.4 Å². The molecule has 7 heteroatoms. The number of ether oxygens (including phenoxy) is 1. The number of aromatic carboxylic acids is 1. The summed E-state index contributed by atoms with van der Waals surface area (Å²) < 4.78 is 18.4. The van der Waals surface area contributed by atoms with E-state index in [0.717, 1.165) is 12.1 Å². The summed E-state index contributed by atoms with van der Waals surface area (Å²) in [6.07, 6.45) is -0.808. The Morgan fingerprint density at radius 1 is 1.37 bits per heavy atom. The molecular weight excluding hydrogens is 277 g/mol. The van der Waals surface area contributed by atoms with Crippen molar-refractivity contribution in [3.63, 3.8) is 0 Å². The lowest BCUT2D eigenvalue weighted by Gasteiger charge is -2.20. The normalized spacial score (nSPS) is 11.0. The molecule has 0 radical (unpaired) electrons. The number of carbonyl (C=O) groups excluding carboxylic acids is 1. The summed E-state index contributed by atoms with van der Waals surface area (Å²) in [4.78, 5) is 22.2. The van der Waals surface area contributed by atoms with Crippen molar-refractivity contribution >= 4 is 29.4 Å². The smallest absolute Gasteiger partial charge is 0.412 e. The fraction of sp³-hybridized carbons (Fsp3) is 0.333. The van der Waals surface area contributed by atoms with Crippen molar-refractivity contribution in [1.82, 2.24) is 0 Å². The Morgan fingerprint density at radius 3 is 2.42 bits per heavy atom. The van der Waals surface area contributed by atoms with Gasteiger partial charge in [0.1, 0.15) is 11.4 Å². The Labute approximate surface area is 114 Å². The third-order valence-electron chi connectivity index (χ3n) is 1.92. The average Bonchev–Trinajstić information content (AvgIpc) is 2.19. The molecule has 0 heterocycles. The number of carbonyl (C=O) groups is 2. The number of anilines is 1. The predicted molar refractivity (Wildman–Crippen MR) is 68.2 cm³/mol. The second-order valence-electron chi connectivity index (χ2n) is 4.74. The number of carboxylic acid groups (broad SMARTS) is 1. The van der Waals surface area contributed by atoms with Crippen LogP contribution < -0.4 is 5.32 Å². The minimum Gasteiger partial charge on any atom is -0.478 e. The molecule has 1 amide bonds. The van der Waals surface area contributed by atoms with Crippen LogP contribution >= 0.6 is 11.6 Å². The lowest BCUT2D eigenvalue weighted by atomic mass is 10.2. The molecular formula is C12H13ClFNO4. The van der Waals surface area contributed by atoms with Gasteiger partial charge in [-0.05, 0) is 32.9 Å². The van der Waals surface area contributed by atoms with Crippen LogP contribution in [0.15, 0.2) is 12.1 Å². The lowest BCUT2D eigenvalue weighted by Crippen LogP contribution is -2.27. The van der Waals surface area contributed by atoms with Gasteiger partial charge < -0.3 is 9.84 Å². The van der Waals surface area contributed by atoms with E-state index in [1.54, 1.807) is 20.8 Å². The van der Waals surface area contributed by atoms with Gasteiger partial charge in [0.2, 0.25) is 0 Å². The van der Waals surface area contributed by atoms with Crippen LogP contribution in [0.2, 0.25) is 5.02 Å². The third kappa shape index (κ3) is 4.40. The summed E-state index contributed by atoms with van der Waals surface area (Å²) in [5.41, 5.74) is -1.34. The number of hydrogen-bond donors (Lipinski definition) is 2. The summed E-state index contributed by atoms with van der Waals surface area (Å²) in [5.74, 6) is -2.44. The van der Waals surface area contributed by atoms with Crippen LogP contribution in [0.1, 0.15) is 31.1 Å². The summed E-state index contributed by atoms with van der Waals surface area (Å²) >= 11 is 5.76. The number of nitrogens with one attached hydrogen (secondary N) is 1. The van der Waals surface area contributed by atoms with Gasteiger partial charge in [-0.25, -0.2) is 14.0 Å². The molecule has 1 rings (SSSR count). The second-order valence-corrected chi connectivity index (χ2v) is 5.15. The lowest BCUT2D eigenvalue weighted by molar-refractivity contribution is 0.0634. The quantitative estimate of drug-likeness (QED) is 0.873. The highest BCUT2D eigenvalue weighted by atomic mass is 35.5. The first-order chi connectivity index (χ1) is 8.60. The van der Waals surface area contributed by atoms with E-state index in [9.17, 15) is 14.0 Å². The Balaban J connectivity index is 2.95. The monoisotopic (exact) mass is 289 g/mol. The molecule has 1 aromatic carbocycles. The first-order valence-corrected chi connectivity index (χ1v) is 5.70. The molecule has 0 atom stereocenters. The van der Waals surface area contributed by atoms with Crippen molar-refractivity contribution in [3.05, 3.63) is 28.5 Å². The maximum atomic E-state index is 13.4. The summed E-state index contributed by atoms with van der Waals surface area (Å²) in [5, 5.41) is 10.9. The number of benzene rings is 1. The highest BCUT2D eigenvalue weighted by Gasteiger charge is 2.19. The molecule has 0 aliphatic rings. The Morgan fingerprint density at radius 2 is 1.95 bits per heavy atom. The number of carboxylic acids is 1.